The summed E-state index contributed by atoms with van der Waals surface area (Å²) in [5.74, 6) is -0.897. The Morgan fingerprint density at radius 1 is 1.53 bits per heavy atom. The number of aldehydes is 1. The van der Waals surface area contributed by atoms with Crippen LogP contribution in [0.25, 0.3) is 0 Å². The molecule has 4 heteroatoms. The Balaban J connectivity index is 2.95. The lowest BCUT2D eigenvalue weighted by Crippen LogP contribution is -2.05. The molecular formula is C11H10O4. The molecule has 1 aromatic carbocycles. The van der Waals surface area contributed by atoms with Gasteiger partial charge in [0.25, 0.3) is 0 Å². The fourth-order valence-corrected chi connectivity index (χ4v) is 1.00. The maximum absolute atomic E-state index is 11.3. The predicted molar refractivity (Wildman–Crippen MR) is 54.0 cm³/mol. The van der Waals surface area contributed by atoms with E-state index in [-0.39, 0.29) is 17.9 Å². The van der Waals surface area contributed by atoms with E-state index in [0.717, 1.165) is 0 Å². The normalized spacial score (nSPS) is 9.33. The first-order chi connectivity index (χ1) is 7.19. The van der Waals surface area contributed by atoms with Gasteiger partial charge in [0.05, 0.1) is 0 Å². The van der Waals surface area contributed by atoms with Crippen LogP contribution in [-0.4, -0.2) is 24.0 Å². The maximum Gasteiger partial charge on any atom is 0.342 e. The highest BCUT2D eigenvalue weighted by Crippen LogP contribution is 2.18. The van der Waals surface area contributed by atoms with Crippen LogP contribution in [0.15, 0.2) is 30.9 Å². The van der Waals surface area contributed by atoms with E-state index in [0.29, 0.717) is 11.8 Å². The van der Waals surface area contributed by atoms with Crippen molar-refractivity contribution in [2.75, 3.05) is 6.61 Å². The number of hydrogen-bond donors (Lipinski definition) is 1. The summed E-state index contributed by atoms with van der Waals surface area (Å²) in [5, 5.41) is 9.36. The average molecular weight is 206 g/mol. The SMILES string of the molecule is C=CCOC(=O)c1cc(C=O)ccc1O. The van der Waals surface area contributed by atoms with Gasteiger partial charge in [0.1, 0.15) is 24.2 Å². The van der Waals surface area contributed by atoms with Crippen LogP contribution in [0, 0.1) is 0 Å². The van der Waals surface area contributed by atoms with Crippen LogP contribution in [0.2, 0.25) is 0 Å². The second kappa shape index (κ2) is 4.95. The first kappa shape index (κ1) is 11.0. The minimum absolute atomic E-state index is 0.0264. The first-order valence-corrected chi connectivity index (χ1v) is 4.25. The summed E-state index contributed by atoms with van der Waals surface area (Å²) in [6.07, 6.45) is 2.00. The number of phenols is 1. The van der Waals surface area contributed by atoms with E-state index in [4.69, 9.17) is 4.74 Å². The lowest BCUT2D eigenvalue weighted by Gasteiger charge is -2.04. The number of benzene rings is 1. The molecule has 0 saturated heterocycles. The van der Waals surface area contributed by atoms with Crippen LogP contribution in [0.1, 0.15) is 20.7 Å². The molecule has 1 N–H and O–H groups in total. The minimum Gasteiger partial charge on any atom is -0.507 e. The quantitative estimate of drug-likeness (QED) is 0.461. The van der Waals surface area contributed by atoms with Gasteiger partial charge < -0.3 is 9.84 Å². The largest absolute Gasteiger partial charge is 0.507 e. The molecule has 1 rings (SSSR count). The number of carbonyl (C=O) groups is 2. The van der Waals surface area contributed by atoms with Gasteiger partial charge in [-0.2, -0.15) is 0 Å². The molecule has 4 nitrogen and oxygen atoms in total. The molecular weight excluding hydrogens is 196 g/mol. The van der Waals surface area contributed by atoms with Crippen LogP contribution in [-0.2, 0) is 4.74 Å². The van der Waals surface area contributed by atoms with Crippen molar-refractivity contribution in [3.8, 4) is 5.75 Å². The zero-order valence-electron chi connectivity index (χ0n) is 7.97. The van der Waals surface area contributed by atoms with E-state index < -0.39 is 5.97 Å². The molecule has 0 aliphatic rings. The molecule has 15 heavy (non-hydrogen) atoms. The molecule has 0 bridgehead atoms. The van der Waals surface area contributed by atoms with Crippen molar-refractivity contribution >= 4 is 12.3 Å². The highest BCUT2D eigenvalue weighted by Gasteiger charge is 2.12. The number of hydrogen-bond acceptors (Lipinski definition) is 4. The van der Waals surface area contributed by atoms with Crippen molar-refractivity contribution in [1.29, 1.82) is 0 Å². The standard InChI is InChI=1S/C11H10O4/c1-2-5-15-11(14)9-6-8(7-12)3-4-10(9)13/h2-4,6-7,13H,1,5H2. The summed E-state index contributed by atoms with van der Waals surface area (Å²) >= 11 is 0. The lowest BCUT2D eigenvalue weighted by atomic mass is 10.1. The van der Waals surface area contributed by atoms with Gasteiger partial charge in [-0.3, -0.25) is 4.79 Å². The van der Waals surface area contributed by atoms with E-state index in [9.17, 15) is 14.7 Å². The second-order valence-electron chi connectivity index (χ2n) is 2.78. The number of aromatic hydroxyl groups is 1. The van der Waals surface area contributed by atoms with E-state index in [1.165, 1.54) is 24.3 Å². The van der Waals surface area contributed by atoms with Gasteiger partial charge in [0, 0.05) is 5.56 Å². The van der Waals surface area contributed by atoms with Gasteiger partial charge in [0.15, 0.2) is 0 Å². The molecule has 1 aromatic rings. The number of esters is 1. The van der Waals surface area contributed by atoms with Crippen molar-refractivity contribution in [3.05, 3.63) is 42.0 Å². The Bertz CT molecular complexity index is 396. The zero-order valence-corrected chi connectivity index (χ0v) is 7.97. The molecule has 0 unspecified atom stereocenters. The molecule has 0 atom stereocenters. The van der Waals surface area contributed by atoms with E-state index in [1.807, 2.05) is 0 Å². The topological polar surface area (TPSA) is 63.6 Å². The Labute approximate surface area is 86.8 Å². The number of phenolic OH excluding ortho intramolecular Hbond substituents is 1. The van der Waals surface area contributed by atoms with Crippen molar-refractivity contribution in [2.24, 2.45) is 0 Å². The fourth-order valence-electron chi connectivity index (χ4n) is 1.00. The van der Waals surface area contributed by atoms with Gasteiger partial charge in [-0.1, -0.05) is 12.7 Å². The summed E-state index contributed by atoms with van der Waals surface area (Å²) in [5.41, 5.74) is 0.278. The van der Waals surface area contributed by atoms with Gasteiger partial charge in [-0.25, -0.2) is 4.79 Å². The predicted octanol–water partition coefficient (Wildman–Crippen LogP) is 1.55. The van der Waals surface area contributed by atoms with Crippen molar-refractivity contribution < 1.29 is 19.4 Å². The Morgan fingerprint density at radius 2 is 2.27 bits per heavy atom. The fraction of sp³-hybridized carbons (Fsp3) is 0.0909. The van der Waals surface area contributed by atoms with Crippen LogP contribution < -0.4 is 0 Å². The van der Waals surface area contributed by atoms with Gasteiger partial charge >= 0.3 is 5.97 Å². The molecule has 0 amide bonds. The van der Waals surface area contributed by atoms with Crippen LogP contribution in [0.5, 0.6) is 5.75 Å². The highest BCUT2D eigenvalue weighted by atomic mass is 16.5. The summed E-state index contributed by atoms with van der Waals surface area (Å²) in [6, 6.07) is 3.95. The summed E-state index contributed by atoms with van der Waals surface area (Å²) in [6.45, 7) is 3.45. The Kier molecular flexibility index (Phi) is 3.62. The number of rotatable bonds is 4. The van der Waals surface area contributed by atoms with E-state index in [2.05, 4.69) is 6.58 Å². The molecule has 0 spiro atoms. The van der Waals surface area contributed by atoms with E-state index >= 15 is 0 Å². The third-order valence-corrected chi connectivity index (χ3v) is 1.71. The minimum atomic E-state index is -0.684. The third kappa shape index (κ3) is 2.67. The summed E-state index contributed by atoms with van der Waals surface area (Å²) in [7, 11) is 0. The van der Waals surface area contributed by atoms with Gasteiger partial charge in [0.2, 0.25) is 0 Å². The van der Waals surface area contributed by atoms with Gasteiger partial charge in [-0.15, -0.1) is 0 Å². The molecule has 0 aromatic heterocycles. The van der Waals surface area contributed by atoms with Gasteiger partial charge in [-0.05, 0) is 18.2 Å². The highest BCUT2D eigenvalue weighted by molar-refractivity contribution is 5.94. The molecule has 0 saturated carbocycles. The second-order valence-corrected chi connectivity index (χ2v) is 2.78. The molecule has 0 aliphatic carbocycles. The Morgan fingerprint density at radius 3 is 2.87 bits per heavy atom. The molecule has 78 valence electrons. The molecule has 0 aliphatic heterocycles. The third-order valence-electron chi connectivity index (χ3n) is 1.71. The number of carbonyl (C=O) groups excluding carboxylic acids is 2. The maximum atomic E-state index is 11.3. The smallest absolute Gasteiger partial charge is 0.342 e. The monoisotopic (exact) mass is 206 g/mol. The van der Waals surface area contributed by atoms with Crippen molar-refractivity contribution in [1.82, 2.24) is 0 Å². The van der Waals surface area contributed by atoms with E-state index in [1.54, 1.807) is 0 Å². The average Bonchev–Trinajstić information content (AvgIpc) is 2.26. The molecule has 0 heterocycles. The molecule has 0 fully saturated rings. The van der Waals surface area contributed by atoms with Crippen molar-refractivity contribution in [2.45, 2.75) is 0 Å². The zero-order chi connectivity index (χ0) is 11.3. The Hall–Kier alpha value is -2.10. The van der Waals surface area contributed by atoms with Crippen LogP contribution in [0.3, 0.4) is 0 Å². The van der Waals surface area contributed by atoms with Crippen LogP contribution >= 0.6 is 0 Å². The summed E-state index contributed by atoms with van der Waals surface area (Å²) in [4.78, 5) is 21.8. The molecule has 0 radical (unpaired) electrons. The lowest BCUT2D eigenvalue weighted by molar-refractivity contribution is 0.0546. The number of ether oxygens (including phenoxy) is 1. The van der Waals surface area contributed by atoms with Crippen LogP contribution in [0.4, 0.5) is 0 Å². The van der Waals surface area contributed by atoms with Crippen molar-refractivity contribution in [3.63, 3.8) is 0 Å². The summed E-state index contributed by atoms with van der Waals surface area (Å²) < 4.78 is 4.72. The first-order valence-electron chi connectivity index (χ1n) is 4.25.